The Hall–Kier alpha value is -1.45. The minimum Gasteiger partial charge on any atom is -0.396 e. The van der Waals surface area contributed by atoms with Crippen LogP contribution in [0.3, 0.4) is 0 Å². The lowest BCUT2D eigenvalue weighted by molar-refractivity contribution is 0.145. The Morgan fingerprint density at radius 3 is 2.62 bits per heavy atom. The number of nitrogens with two attached hydrogens (primary N) is 2. The molecular weight excluding hydrogens is 200 g/mol. The summed E-state index contributed by atoms with van der Waals surface area (Å²) in [6, 6.07) is 3.68. The van der Waals surface area contributed by atoms with E-state index < -0.39 is 0 Å². The van der Waals surface area contributed by atoms with Gasteiger partial charge in [0.05, 0.1) is 5.69 Å². The van der Waals surface area contributed by atoms with Crippen molar-refractivity contribution in [3.63, 3.8) is 0 Å². The fourth-order valence-corrected chi connectivity index (χ4v) is 2.19. The number of hydrogen-bond donors (Lipinski definition) is 3. The largest absolute Gasteiger partial charge is 0.396 e. The molecule has 0 radical (unpaired) electrons. The van der Waals surface area contributed by atoms with Crippen LogP contribution in [0.2, 0.25) is 0 Å². The monoisotopic (exact) mass is 220 g/mol. The number of rotatable bonds is 4. The lowest BCUT2D eigenvalue weighted by Gasteiger charge is -2.41. The molecule has 0 amide bonds. The second-order valence-corrected chi connectivity index (χ2v) is 4.73. The second-order valence-electron chi connectivity index (χ2n) is 4.73. The first-order valence-corrected chi connectivity index (χ1v) is 5.91. The third kappa shape index (κ3) is 2.05. The quantitative estimate of drug-likeness (QED) is 0.727. The number of nitrogens with one attached hydrogen (secondary N) is 1. The molecule has 1 fully saturated rings. The number of nitrogens with zero attached hydrogens (tertiary/aromatic N) is 1. The van der Waals surface area contributed by atoms with Crippen molar-refractivity contribution >= 4 is 17.3 Å². The number of aromatic nitrogens is 1. The zero-order valence-corrected chi connectivity index (χ0v) is 9.79. The molecule has 0 spiro atoms. The number of nitrogen functional groups attached to an aromatic ring is 2. The average molecular weight is 220 g/mol. The van der Waals surface area contributed by atoms with E-state index in [-0.39, 0.29) is 0 Å². The maximum Gasteiger partial charge on any atom is 0.149 e. The van der Waals surface area contributed by atoms with Gasteiger partial charge in [-0.3, -0.25) is 0 Å². The molecule has 4 heteroatoms. The Bertz CT molecular complexity index is 366. The molecule has 0 unspecified atom stereocenters. The molecule has 88 valence electrons. The van der Waals surface area contributed by atoms with E-state index in [1.165, 1.54) is 25.7 Å². The van der Waals surface area contributed by atoms with Crippen molar-refractivity contribution in [1.82, 2.24) is 4.98 Å². The molecule has 1 saturated carbocycles. The highest BCUT2D eigenvalue weighted by molar-refractivity contribution is 5.61. The molecule has 1 aliphatic rings. The molecule has 0 aliphatic heterocycles. The standard InChI is InChI=1S/C12H20N4/c1-2-12(6-3-7-12)8-15-10-5-4-9(13)11(14)16-10/h4-5H,2-3,6-8,13H2,1H3,(H3,14,15,16). The molecule has 1 aromatic rings. The molecule has 0 aromatic carbocycles. The lowest BCUT2D eigenvalue weighted by atomic mass is 9.67. The highest BCUT2D eigenvalue weighted by Gasteiger charge is 2.34. The van der Waals surface area contributed by atoms with Crippen LogP contribution in [0.1, 0.15) is 32.6 Å². The molecule has 0 bridgehead atoms. The first kappa shape index (κ1) is 11.0. The van der Waals surface area contributed by atoms with Gasteiger partial charge in [-0.2, -0.15) is 0 Å². The van der Waals surface area contributed by atoms with Crippen molar-refractivity contribution < 1.29 is 0 Å². The van der Waals surface area contributed by atoms with Crippen LogP contribution in [-0.2, 0) is 0 Å². The fraction of sp³-hybridized carbons (Fsp3) is 0.583. The smallest absolute Gasteiger partial charge is 0.149 e. The second kappa shape index (κ2) is 4.20. The van der Waals surface area contributed by atoms with E-state index in [4.69, 9.17) is 11.5 Å². The van der Waals surface area contributed by atoms with E-state index >= 15 is 0 Å². The van der Waals surface area contributed by atoms with Crippen LogP contribution in [0.4, 0.5) is 17.3 Å². The predicted octanol–water partition coefficient (Wildman–Crippen LogP) is 2.24. The Morgan fingerprint density at radius 2 is 2.12 bits per heavy atom. The van der Waals surface area contributed by atoms with Gasteiger partial charge in [0.15, 0.2) is 0 Å². The maximum atomic E-state index is 5.66. The molecule has 1 aromatic heterocycles. The van der Waals surface area contributed by atoms with Crippen molar-refractivity contribution in [3.05, 3.63) is 12.1 Å². The SMILES string of the molecule is CCC1(CNc2ccc(N)c(N)n2)CCC1. The Balaban J connectivity index is 1.96. The lowest BCUT2D eigenvalue weighted by Crippen LogP contribution is -2.36. The summed E-state index contributed by atoms with van der Waals surface area (Å²) in [6.45, 7) is 3.24. The normalized spacial score (nSPS) is 17.8. The molecule has 1 aliphatic carbocycles. The van der Waals surface area contributed by atoms with Gasteiger partial charge in [-0.25, -0.2) is 4.98 Å². The summed E-state index contributed by atoms with van der Waals surface area (Å²) in [4.78, 5) is 4.21. The van der Waals surface area contributed by atoms with E-state index in [1.54, 1.807) is 6.07 Å². The summed E-state index contributed by atoms with van der Waals surface area (Å²) in [5.41, 5.74) is 12.3. The van der Waals surface area contributed by atoms with Crippen LogP contribution in [0.15, 0.2) is 12.1 Å². The van der Waals surface area contributed by atoms with Crippen LogP contribution < -0.4 is 16.8 Å². The van der Waals surface area contributed by atoms with Crippen LogP contribution >= 0.6 is 0 Å². The van der Waals surface area contributed by atoms with Crippen molar-refractivity contribution in [2.24, 2.45) is 5.41 Å². The minimum absolute atomic E-state index is 0.407. The molecule has 0 atom stereocenters. The zero-order chi connectivity index (χ0) is 11.6. The highest BCUT2D eigenvalue weighted by Crippen LogP contribution is 2.43. The predicted molar refractivity (Wildman–Crippen MR) is 68.1 cm³/mol. The van der Waals surface area contributed by atoms with E-state index in [9.17, 15) is 0 Å². The molecule has 16 heavy (non-hydrogen) atoms. The fourth-order valence-electron chi connectivity index (χ4n) is 2.19. The minimum atomic E-state index is 0.407. The Morgan fingerprint density at radius 1 is 1.38 bits per heavy atom. The first-order valence-electron chi connectivity index (χ1n) is 5.91. The van der Waals surface area contributed by atoms with Gasteiger partial charge in [-0.05, 0) is 36.8 Å². The molecule has 1 heterocycles. The van der Waals surface area contributed by atoms with E-state index in [0.717, 1.165) is 12.4 Å². The maximum absolute atomic E-state index is 5.66. The number of pyridine rings is 1. The summed E-state index contributed by atoms with van der Waals surface area (Å²) in [7, 11) is 0. The van der Waals surface area contributed by atoms with Crippen LogP contribution in [0.25, 0.3) is 0 Å². The third-order valence-corrected chi connectivity index (χ3v) is 3.77. The molecule has 4 nitrogen and oxygen atoms in total. The summed E-state index contributed by atoms with van der Waals surface area (Å²) in [5.74, 6) is 1.23. The van der Waals surface area contributed by atoms with Gasteiger partial charge in [0.25, 0.3) is 0 Å². The van der Waals surface area contributed by atoms with Crippen LogP contribution in [0.5, 0.6) is 0 Å². The number of anilines is 3. The van der Waals surface area contributed by atoms with Gasteiger partial charge >= 0.3 is 0 Å². The topological polar surface area (TPSA) is 77.0 Å². The van der Waals surface area contributed by atoms with Gasteiger partial charge in [-0.15, -0.1) is 0 Å². The molecular formula is C12H20N4. The van der Waals surface area contributed by atoms with Crippen molar-refractivity contribution in [2.45, 2.75) is 32.6 Å². The summed E-state index contributed by atoms with van der Waals surface area (Å²) >= 11 is 0. The summed E-state index contributed by atoms with van der Waals surface area (Å²) in [5, 5.41) is 3.36. The van der Waals surface area contributed by atoms with Gasteiger partial charge in [0.1, 0.15) is 11.6 Å². The Labute approximate surface area is 96.4 Å². The summed E-state index contributed by atoms with van der Waals surface area (Å²) < 4.78 is 0. The first-order chi connectivity index (χ1) is 7.65. The van der Waals surface area contributed by atoms with E-state index in [1.807, 2.05) is 6.07 Å². The summed E-state index contributed by atoms with van der Waals surface area (Å²) in [6.07, 6.45) is 5.22. The third-order valence-electron chi connectivity index (χ3n) is 3.77. The molecule has 2 rings (SSSR count). The highest BCUT2D eigenvalue weighted by atomic mass is 15.0. The van der Waals surface area contributed by atoms with Gasteiger partial charge in [-0.1, -0.05) is 13.3 Å². The van der Waals surface area contributed by atoms with Gasteiger partial charge in [0, 0.05) is 6.54 Å². The average Bonchev–Trinajstić information content (AvgIpc) is 2.22. The zero-order valence-electron chi connectivity index (χ0n) is 9.79. The van der Waals surface area contributed by atoms with Crippen LogP contribution in [-0.4, -0.2) is 11.5 Å². The van der Waals surface area contributed by atoms with E-state index in [0.29, 0.717) is 16.9 Å². The van der Waals surface area contributed by atoms with Crippen molar-refractivity contribution in [2.75, 3.05) is 23.3 Å². The number of hydrogen-bond acceptors (Lipinski definition) is 4. The van der Waals surface area contributed by atoms with Crippen LogP contribution in [0, 0.1) is 5.41 Å². The van der Waals surface area contributed by atoms with E-state index in [2.05, 4.69) is 17.2 Å². The Kier molecular flexibility index (Phi) is 2.90. The molecule has 0 saturated heterocycles. The molecule has 5 N–H and O–H groups in total. The van der Waals surface area contributed by atoms with Gasteiger partial charge in [0.2, 0.25) is 0 Å². The van der Waals surface area contributed by atoms with Crippen molar-refractivity contribution in [1.29, 1.82) is 0 Å². The van der Waals surface area contributed by atoms with Crippen molar-refractivity contribution in [3.8, 4) is 0 Å². The van der Waals surface area contributed by atoms with Gasteiger partial charge < -0.3 is 16.8 Å².